The van der Waals surface area contributed by atoms with E-state index in [2.05, 4.69) is 90.8 Å². The zero-order valence-corrected chi connectivity index (χ0v) is 34.0. The van der Waals surface area contributed by atoms with Crippen LogP contribution >= 0.6 is 0 Å². The number of aromatic nitrogens is 3. The quantitative estimate of drug-likeness (QED) is 0.123. The molecule has 3 aromatic carbocycles. The van der Waals surface area contributed by atoms with Crippen LogP contribution in [0.25, 0.3) is 55.8 Å². The van der Waals surface area contributed by atoms with E-state index < -0.39 is 13.3 Å². The molecule has 0 saturated heterocycles. The van der Waals surface area contributed by atoms with E-state index in [1.807, 2.05) is 60.8 Å². The van der Waals surface area contributed by atoms with Gasteiger partial charge in [-0.3, -0.25) is 0 Å². The van der Waals surface area contributed by atoms with Crippen molar-refractivity contribution in [1.82, 2.24) is 15.0 Å². The minimum atomic E-state index is -1.87. The van der Waals surface area contributed by atoms with Crippen LogP contribution in [-0.2, 0) is 26.5 Å². The second-order valence-corrected chi connectivity index (χ2v) is 25.0. The molecule has 0 spiro atoms. The molecule has 4 heterocycles. The molecular formula is C44H43GeIrN3O-2. The van der Waals surface area contributed by atoms with Crippen molar-refractivity contribution in [2.45, 2.75) is 63.2 Å². The normalized spacial score (nSPS) is 13.2. The van der Waals surface area contributed by atoms with Crippen molar-refractivity contribution in [2.24, 2.45) is 5.92 Å². The van der Waals surface area contributed by atoms with Crippen molar-refractivity contribution in [2.75, 3.05) is 0 Å². The fraction of sp³-hybridized carbons (Fsp3) is 0.250. The molecule has 7 aromatic rings. The summed E-state index contributed by atoms with van der Waals surface area (Å²) in [5.41, 5.74) is 11.2. The summed E-state index contributed by atoms with van der Waals surface area (Å²) in [5, 5.41) is 2.10. The minimum Gasteiger partial charge on any atom is 0 e. The molecule has 4 nitrogen and oxygen atoms in total. The van der Waals surface area contributed by atoms with Gasteiger partial charge in [0.25, 0.3) is 0 Å². The molecule has 255 valence electrons. The molecule has 1 aliphatic rings. The average molecular weight is 895 g/mol. The van der Waals surface area contributed by atoms with Crippen molar-refractivity contribution in [3.8, 4) is 33.8 Å². The molecule has 0 unspecified atom stereocenters. The van der Waals surface area contributed by atoms with Crippen LogP contribution in [0.5, 0.6) is 0 Å². The molecule has 4 aromatic heterocycles. The van der Waals surface area contributed by atoms with Crippen molar-refractivity contribution >= 4 is 39.7 Å². The van der Waals surface area contributed by atoms with Crippen molar-refractivity contribution < 1.29 is 24.5 Å². The third-order valence-corrected chi connectivity index (χ3v) is 13.9. The summed E-state index contributed by atoms with van der Waals surface area (Å²) in [7, 11) is 0. The average Bonchev–Trinajstić information content (AvgIpc) is 3.77. The Bertz CT molecular complexity index is 2220. The van der Waals surface area contributed by atoms with Crippen LogP contribution in [0.2, 0.25) is 17.3 Å². The maximum Gasteiger partial charge on any atom is 0 e. The molecule has 1 fully saturated rings. The Balaban J connectivity index is 0.000000173. The van der Waals surface area contributed by atoms with Crippen molar-refractivity contribution in [1.29, 1.82) is 0 Å². The van der Waals surface area contributed by atoms with Gasteiger partial charge in [0.15, 0.2) is 0 Å². The van der Waals surface area contributed by atoms with Crippen molar-refractivity contribution in [3.63, 3.8) is 0 Å². The van der Waals surface area contributed by atoms with Crippen LogP contribution in [0.1, 0.15) is 42.4 Å². The van der Waals surface area contributed by atoms with E-state index in [0.717, 1.165) is 67.2 Å². The van der Waals surface area contributed by atoms with Gasteiger partial charge in [0.05, 0.1) is 11.3 Å². The first-order chi connectivity index (χ1) is 23.7. The maximum absolute atomic E-state index is 6.24. The first kappa shape index (κ1) is 35.9. The van der Waals surface area contributed by atoms with Crippen LogP contribution in [0.15, 0.2) is 108 Å². The maximum atomic E-state index is 6.24. The van der Waals surface area contributed by atoms with Gasteiger partial charge >= 0.3 is 137 Å². The third-order valence-electron chi connectivity index (χ3n) is 9.61. The van der Waals surface area contributed by atoms with Gasteiger partial charge in [-0.25, -0.2) is 4.98 Å². The van der Waals surface area contributed by atoms with Gasteiger partial charge in [-0.15, -0.1) is 18.2 Å². The molecule has 0 bridgehead atoms. The van der Waals surface area contributed by atoms with Crippen LogP contribution in [0.4, 0.5) is 0 Å². The fourth-order valence-corrected chi connectivity index (χ4v) is 10.5. The third kappa shape index (κ3) is 7.86. The second-order valence-electron chi connectivity index (χ2n) is 14.4. The predicted octanol–water partition coefficient (Wildman–Crippen LogP) is 11.0. The van der Waals surface area contributed by atoms with E-state index in [1.165, 1.54) is 32.1 Å². The zero-order chi connectivity index (χ0) is 34.0. The Hall–Kier alpha value is -3.90. The first-order valence-electron chi connectivity index (χ1n) is 17.4. The number of aryl methyl sites for hydroxylation is 2. The summed E-state index contributed by atoms with van der Waals surface area (Å²) < 4.78 is 7.83. The van der Waals surface area contributed by atoms with E-state index in [0.29, 0.717) is 5.71 Å². The van der Waals surface area contributed by atoms with Gasteiger partial charge in [-0.2, -0.15) is 0 Å². The van der Waals surface area contributed by atoms with Crippen LogP contribution in [0.3, 0.4) is 0 Å². The van der Waals surface area contributed by atoms with Gasteiger partial charge in [0.2, 0.25) is 5.71 Å². The molecule has 1 aliphatic carbocycles. The molecule has 50 heavy (non-hydrogen) atoms. The summed E-state index contributed by atoms with van der Waals surface area (Å²) in [6.45, 7) is 4.16. The molecular weight excluding hydrogens is 851 g/mol. The monoisotopic (exact) mass is 896 g/mol. The molecule has 0 N–H and O–H groups in total. The van der Waals surface area contributed by atoms with E-state index in [1.54, 1.807) is 9.96 Å². The Labute approximate surface area is 312 Å². The van der Waals surface area contributed by atoms with Gasteiger partial charge in [0, 0.05) is 37.3 Å². The molecule has 8 rings (SSSR count). The molecule has 0 aliphatic heterocycles. The summed E-state index contributed by atoms with van der Waals surface area (Å²) >= 11 is -1.87. The Morgan fingerprint density at radius 3 is 2.30 bits per heavy atom. The molecule has 6 heteroatoms. The van der Waals surface area contributed by atoms with Crippen LogP contribution in [0, 0.1) is 31.9 Å². The van der Waals surface area contributed by atoms with Crippen LogP contribution in [-0.4, -0.2) is 28.2 Å². The van der Waals surface area contributed by atoms with Crippen molar-refractivity contribution in [3.05, 3.63) is 132 Å². The molecule has 1 saturated carbocycles. The van der Waals surface area contributed by atoms with Gasteiger partial charge in [0.1, 0.15) is 0 Å². The van der Waals surface area contributed by atoms with E-state index in [4.69, 9.17) is 14.4 Å². The number of benzene rings is 3. The topological polar surface area (TPSA) is 51.8 Å². The minimum absolute atomic E-state index is 0. The van der Waals surface area contributed by atoms with E-state index in [-0.39, 0.29) is 20.1 Å². The van der Waals surface area contributed by atoms with Gasteiger partial charge in [-0.05, 0) is 37.2 Å². The van der Waals surface area contributed by atoms with Gasteiger partial charge in [-0.1, -0.05) is 52.9 Å². The molecule has 1 radical (unpaired) electrons. The summed E-state index contributed by atoms with van der Waals surface area (Å²) in [6.07, 6.45) is 10.9. The number of hydrogen-bond acceptors (Lipinski definition) is 4. The summed E-state index contributed by atoms with van der Waals surface area (Å²) in [6, 6.07) is 37.4. The number of rotatable bonds is 6. The number of hydrogen-bond donors (Lipinski definition) is 0. The van der Waals surface area contributed by atoms with Gasteiger partial charge < -0.3 is 9.40 Å². The summed E-state index contributed by atoms with van der Waals surface area (Å²) in [4.78, 5) is 14.1. The predicted molar refractivity (Wildman–Crippen MR) is 206 cm³/mol. The van der Waals surface area contributed by atoms with E-state index >= 15 is 0 Å². The zero-order valence-electron chi connectivity index (χ0n) is 29.5. The second kappa shape index (κ2) is 15.6. The number of pyridine rings is 3. The molecule has 0 atom stereocenters. The smallest absolute Gasteiger partial charge is 0 e. The Kier molecular flexibility index (Phi) is 11.2. The van der Waals surface area contributed by atoms with E-state index in [9.17, 15) is 0 Å². The Morgan fingerprint density at radius 1 is 0.800 bits per heavy atom. The largest absolute Gasteiger partial charge is 0 e. The SMILES string of the molecule is Cc1ccnc(-c2[c-]ccc3c2oc2nc(-c4ccccc4)cc(C)c23)c1.[CH3][Ge]([CH3])([CH3])[c]1cnc(-c2[c-]cccc2)cc1CC1CCCC1.[Ir]. The number of nitrogens with zero attached hydrogens (tertiary/aromatic N) is 3. The first-order valence-corrected chi connectivity index (χ1v) is 24.8. The number of fused-ring (bicyclic) bond motifs is 3. The standard InChI is InChI=1S/C24H17N2O.C20H26GeN.Ir/c1-15-11-12-25-21(13-15)18-9-6-10-19-22-16(2)14-20(17-7-4-3-5-8-17)26-24(22)27-23(18)19;1-21(2,3)19-15-22-20(17-11-5-4-6-12-17)14-18(19)13-16-9-7-8-10-16;/h3-8,10-14H,1-2H3;4-6,11,14-16H,7-10,13H2,1-3H3;/q2*-1;. The van der Waals surface area contributed by atoms with Crippen LogP contribution < -0.4 is 4.40 Å². The molecule has 0 amide bonds. The summed E-state index contributed by atoms with van der Waals surface area (Å²) in [5.74, 6) is 8.31. The fourth-order valence-electron chi connectivity index (χ4n) is 7.12. The Morgan fingerprint density at radius 2 is 1.58 bits per heavy atom. The number of furan rings is 1.